The summed E-state index contributed by atoms with van der Waals surface area (Å²) in [5, 5.41) is 13.5. The first-order chi connectivity index (χ1) is 21.8. The van der Waals surface area contributed by atoms with Crippen molar-refractivity contribution >= 4 is 35.3 Å². The van der Waals surface area contributed by atoms with Gasteiger partial charge in [-0.3, -0.25) is 4.90 Å². The Bertz CT molecular complexity index is 1690. The Kier molecular flexibility index (Phi) is 9.24. The van der Waals surface area contributed by atoms with Crippen LogP contribution in [-0.4, -0.2) is 75.6 Å². The number of amides is 2. The average Bonchev–Trinajstić information content (AvgIpc) is 3.45. The molecule has 46 heavy (non-hydrogen) atoms. The molecule has 1 N–H and O–H groups in total. The van der Waals surface area contributed by atoms with Crippen molar-refractivity contribution in [3.63, 3.8) is 0 Å². The van der Waals surface area contributed by atoms with Gasteiger partial charge in [-0.15, -0.1) is 0 Å². The van der Waals surface area contributed by atoms with E-state index in [9.17, 15) is 28.3 Å². The standard InChI is InChI=1S/C32H32ClF2N3O8/c1-5-43-29(39)26-21(12-18-14-37(31(42)45-32(2,3)4)15-25(26)38(18)30(40)41)17-6-8-19(9-7-17)44-16-20-13-24(36-46-20)27-22(34)10-11-23(35)28(27)33/h6-11,13,18,25H,5,12,14-16H2,1-4H3,(H,40,41). The molecule has 0 spiro atoms. The number of fused-ring (bicyclic) bond motifs is 2. The van der Waals surface area contributed by atoms with E-state index < -0.39 is 52.5 Å². The van der Waals surface area contributed by atoms with Crippen LogP contribution >= 0.6 is 11.6 Å². The highest BCUT2D eigenvalue weighted by molar-refractivity contribution is 6.33. The van der Waals surface area contributed by atoms with E-state index in [0.717, 1.165) is 12.1 Å². The highest BCUT2D eigenvalue weighted by Crippen LogP contribution is 2.40. The number of carbonyl (C=O) groups excluding carboxylic acids is 2. The van der Waals surface area contributed by atoms with Crippen molar-refractivity contribution in [2.45, 2.75) is 58.4 Å². The third-order valence-electron chi connectivity index (χ3n) is 7.46. The first-order valence-corrected chi connectivity index (χ1v) is 14.9. The van der Waals surface area contributed by atoms with Crippen LogP contribution in [0.5, 0.6) is 5.75 Å². The second-order valence-corrected chi connectivity index (χ2v) is 12.1. The number of ether oxygens (including phenoxy) is 3. The van der Waals surface area contributed by atoms with Gasteiger partial charge in [0.25, 0.3) is 0 Å². The Morgan fingerprint density at radius 2 is 1.78 bits per heavy atom. The molecule has 14 heteroatoms. The van der Waals surface area contributed by atoms with E-state index in [1.165, 1.54) is 15.9 Å². The fraction of sp³-hybridized carbons (Fsp3) is 0.375. The molecule has 1 fully saturated rings. The Hall–Kier alpha value is -4.65. The van der Waals surface area contributed by atoms with E-state index in [2.05, 4.69) is 5.16 Å². The number of piperazine rings is 1. The van der Waals surface area contributed by atoms with E-state index in [1.807, 2.05) is 0 Å². The van der Waals surface area contributed by atoms with Gasteiger partial charge in [-0.05, 0) is 69.5 Å². The van der Waals surface area contributed by atoms with Gasteiger partial charge in [-0.1, -0.05) is 28.9 Å². The van der Waals surface area contributed by atoms with E-state index in [-0.39, 0.29) is 55.3 Å². The summed E-state index contributed by atoms with van der Waals surface area (Å²) in [5.74, 6) is -1.56. The molecule has 1 saturated heterocycles. The van der Waals surface area contributed by atoms with Crippen molar-refractivity contribution in [3.8, 4) is 17.0 Å². The van der Waals surface area contributed by atoms with Gasteiger partial charge in [-0.25, -0.2) is 23.2 Å². The lowest BCUT2D eigenvalue weighted by Crippen LogP contribution is -2.64. The van der Waals surface area contributed by atoms with Crippen molar-refractivity contribution in [2.75, 3.05) is 19.7 Å². The quantitative estimate of drug-likeness (QED) is 0.222. The molecule has 2 aromatic carbocycles. The van der Waals surface area contributed by atoms with Gasteiger partial charge in [0.1, 0.15) is 35.3 Å². The van der Waals surface area contributed by atoms with Gasteiger partial charge in [0.2, 0.25) is 0 Å². The minimum absolute atomic E-state index is 0.0119. The van der Waals surface area contributed by atoms with Gasteiger partial charge in [0.15, 0.2) is 5.76 Å². The first-order valence-electron chi connectivity index (χ1n) is 14.5. The molecular weight excluding hydrogens is 628 g/mol. The van der Waals surface area contributed by atoms with Gasteiger partial charge in [0.05, 0.1) is 34.8 Å². The molecule has 0 saturated carbocycles. The van der Waals surface area contributed by atoms with Crippen molar-refractivity contribution in [1.82, 2.24) is 15.0 Å². The number of hydrogen-bond acceptors (Lipinski definition) is 8. The lowest BCUT2D eigenvalue weighted by molar-refractivity contribution is -0.139. The summed E-state index contributed by atoms with van der Waals surface area (Å²) < 4.78 is 50.0. The predicted molar refractivity (Wildman–Crippen MR) is 161 cm³/mol. The van der Waals surface area contributed by atoms with Crippen LogP contribution in [0.4, 0.5) is 18.4 Å². The fourth-order valence-electron chi connectivity index (χ4n) is 5.58. The Morgan fingerprint density at radius 1 is 1.09 bits per heavy atom. The number of hydrogen-bond donors (Lipinski definition) is 1. The van der Waals surface area contributed by atoms with E-state index in [0.29, 0.717) is 16.9 Å². The van der Waals surface area contributed by atoms with Gasteiger partial charge in [0, 0.05) is 19.2 Å². The molecule has 3 heterocycles. The van der Waals surface area contributed by atoms with Crippen LogP contribution < -0.4 is 4.74 Å². The van der Waals surface area contributed by atoms with Crippen LogP contribution in [0.3, 0.4) is 0 Å². The topological polar surface area (TPSA) is 132 Å². The number of carbonyl (C=O) groups is 3. The molecule has 3 aromatic rings. The number of aromatic nitrogens is 1. The number of halogens is 3. The molecule has 0 aliphatic carbocycles. The van der Waals surface area contributed by atoms with E-state index in [1.54, 1.807) is 52.0 Å². The zero-order valence-corrected chi connectivity index (χ0v) is 26.3. The summed E-state index contributed by atoms with van der Waals surface area (Å²) in [6.45, 7) is 6.85. The number of carboxylic acid groups (broad SMARTS) is 1. The van der Waals surface area contributed by atoms with Crippen LogP contribution in [0, 0.1) is 11.6 Å². The van der Waals surface area contributed by atoms with Crippen molar-refractivity contribution in [2.24, 2.45) is 0 Å². The zero-order chi connectivity index (χ0) is 33.3. The molecule has 2 amide bonds. The molecule has 2 bridgehead atoms. The zero-order valence-electron chi connectivity index (χ0n) is 25.5. The highest BCUT2D eigenvalue weighted by Gasteiger charge is 2.48. The maximum absolute atomic E-state index is 14.3. The molecule has 11 nitrogen and oxygen atoms in total. The number of benzene rings is 2. The third kappa shape index (κ3) is 6.79. The lowest BCUT2D eigenvalue weighted by atomic mass is 9.82. The van der Waals surface area contributed by atoms with Gasteiger partial charge >= 0.3 is 18.2 Å². The third-order valence-corrected chi connectivity index (χ3v) is 7.83. The van der Waals surface area contributed by atoms with Crippen LogP contribution in [0.25, 0.3) is 16.8 Å². The molecule has 1 aromatic heterocycles. The minimum atomic E-state index is -1.21. The SMILES string of the molecule is CCOC(=O)C1=C(c2ccc(OCc3cc(-c4c(F)ccc(F)c4Cl)no3)cc2)CC2CN(C(=O)OC(C)(C)C)CC1N2C(=O)O. The van der Waals surface area contributed by atoms with Crippen molar-refractivity contribution in [1.29, 1.82) is 0 Å². The number of nitrogens with zero attached hydrogens (tertiary/aromatic N) is 3. The smallest absolute Gasteiger partial charge is 0.410 e. The monoisotopic (exact) mass is 659 g/mol. The molecular formula is C32H32ClF2N3O8. The largest absolute Gasteiger partial charge is 0.486 e. The molecule has 2 aliphatic heterocycles. The van der Waals surface area contributed by atoms with Crippen LogP contribution in [-0.2, 0) is 20.9 Å². The summed E-state index contributed by atoms with van der Waals surface area (Å²) in [4.78, 5) is 41.2. The molecule has 2 atom stereocenters. The Morgan fingerprint density at radius 3 is 2.43 bits per heavy atom. The summed E-state index contributed by atoms with van der Waals surface area (Å²) in [6, 6.07) is 8.44. The Balaban J connectivity index is 1.38. The van der Waals surface area contributed by atoms with Crippen LogP contribution in [0.2, 0.25) is 5.02 Å². The summed E-state index contributed by atoms with van der Waals surface area (Å²) in [5.41, 5.74) is 0.444. The molecule has 244 valence electrons. The fourth-order valence-corrected chi connectivity index (χ4v) is 5.83. The maximum atomic E-state index is 14.3. The predicted octanol–water partition coefficient (Wildman–Crippen LogP) is 6.54. The van der Waals surface area contributed by atoms with Gasteiger partial charge < -0.3 is 28.7 Å². The highest BCUT2D eigenvalue weighted by atomic mass is 35.5. The van der Waals surface area contributed by atoms with Crippen LogP contribution in [0.15, 0.2) is 52.6 Å². The second-order valence-electron chi connectivity index (χ2n) is 11.8. The molecule has 0 radical (unpaired) electrons. The number of rotatable bonds is 7. The normalized spacial score (nSPS) is 18.0. The average molecular weight is 660 g/mol. The van der Waals surface area contributed by atoms with Crippen molar-refractivity contribution < 1.29 is 47.0 Å². The maximum Gasteiger partial charge on any atom is 0.410 e. The van der Waals surface area contributed by atoms with Crippen molar-refractivity contribution in [3.05, 3.63) is 76.0 Å². The van der Waals surface area contributed by atoms with Gasteiger partial charge in [-0.2, -0.15) is 0 Å². The summed E-state index contributed by atoms with van der Waals surface area (Å²) >= 11 is 5.92. The molecule has 2 unspecified atom stereocenters. The Labute approximate surface area is 268 Å². The first kappa shape index (κ1) is 32.7. The lowest BCUT2D eigenvalue weighted by Gasteiger charge is -2.49. The summed E-state index contributed by atoms with van der Waals surface area (Å²) in [7, 11) is 0. The second kappa shape index (κ2) is 13.0. The van der Waals surface area contributed by atoms with E-state index in [4.69, 9.17) is 30.3 Å². The van der Waals surface area contributed by atoms with Crippen LogP contribution in [0.1, 0.15) is 45.4 Å². The molecule has 2 aliphatic rings. The summed E-state index contributed by atoms with van der Waals surface area (Å²) in [6.07, 6.45) is -1.65. The minimum Gasteiger partial charge on any atom is -0.486 e. The van der Waals surface area contributed by atoms with E-state index >= 15 is 0 Å². The molecule has 5 rings (SSSR count). The number of esters is 1.